The van der Waals surface area contributed by atoms with Crippen LogP contribution >= 0.6 is 0 Å². The zero-order valence-corrected chi connectivity index (χ0v) is 38.8. The second-order valence-electron chi connectivity index (χ2n) is 21.5. The molecule has 3 nitrogen and oxygen atoms in total. The van der Waals surface area contributed by atoms with Crippen LogP contribution in [0, 0.1) is 17.8 Å². The molecule has 0 bridgehead atoms. The van der Waals surface area contributed by atoms with Crippen LogP contribution in [0.2, 0.25) is 16.6 Å². The van der Waals surface area contributed by atoms with E-state index >= 15 is 0 Å². The Labute approximate surface area is 379 Å². The van der Waals surface area contributed by atoms with Crippen molar-refractivity contribution in [3.63, 3.8) is 0 Å². The minimum atomic E-state index is -2.08. The average Bonchev–Trinajstić information content (AvgIpc) is 3.65. The molecule has 2 aromatic rings. The summed E-state index contributed by atoms with van der Waals surface area (Å²) in [6, 6.07) is 14.8. The summed E-state index contributed by atoms with van der Waals surface area (Å²) >= 11 is 0. The lowest BCUT2D eigenvalue weighted by Gasteiger charge is -2.60. The largest absolute Gasteiger partial charge is 0.312 e. The summed E-state index contributed by atoms with van der Waals surface area (Å²) in [6.45, 7) is 0. The van der Waals surface area contributed by atoms with E-state index in [9.17, 15) is 0 Å². The molecule has 63 heavy (non-hydrogen) atoms. The Bertz CT molecular complexity index is 2420. The normalized spacial score (nSPS) is 37.5. The van der Waals surface area contributed by atoms with Gasteiger partial charge in [0.2, 0.25) is 0 Å². The molecule has 4 N–H and O–H groups in total. The zero-order chi connectivity index (χ0) is 41.7. The van der Waals surface area contributed by atoms with Crippen molar-refractivity contribution in [1.29, 1.82) is 0 Å². The topological polar surface area (TPSA) is 40.7 Å². The molecule has 327 valence electrons. The predicted octanol–water partition coefficient (Wildman–Crippen LogP) is 12.6. The van der Waals surface area contributed by atoms with E-state index in [4.69, 9.17) is 0 Å². The van der Waals surface area contributed by atoms with Gasteiger partial charge in [-0.2, -0.15) is 5.19 Å². The van der Waals surface area contributed by atoms with Gasteiger partial charge in [-0.05, 0) is 158 Å². The number of nitrogens with two attached hydrogens (primary N) is 1. The van der Waals surface area contributed by atoms with Gasteiger partial charge < -0.3 is 5.32 Å². The molecule has 8 aliphatic carbocycles. The monoisotopic (exact) mass is 851 g/mol. The van der Waals surface area contributed by atoms with Crippen molar-refractivity contribution in [1.82, 2.24) is 10.6 Å². The fraction of sp³-hybridized carbons (Fsp3) is 0.492. The van der Waals surface area contributed by atoms with Gasteiger partial charge in [-0.15, -0.1) is 22.7 Å². The van der Waals surface area contributed by atoms with E-state index < -0.39 is 8.07 Å². The lowest BCUT2D eigenvalue weighted by Crippen LogP contribution is -3.06. The molecule has 10 aliphatic rings. The minimum Gasteiger partial charge on any atom is -0.312 e. The Hall–Kier alpha value is -3.80. The van der Waals surface area contributed by atoms with Gasteiger partial charge in [0.05, 0.1) is 6.17 Å². The van der Waals surface area contributed by atoms with Crippen molar-refractivity contribution in [2.45, 2.75) is 163 Å². The number of benzene rings is 2. The maximum absolute atomic E-state index is 4.36. The molecule has 11 atom stereocenters. The number of quaternary nitrogens is 1. The Kier molecular flexibility index (Phi) is 11.3. The molecule has 4 heteroatoms. The number of fused-ring (bicyclic) bond motifs is 4. The van der Waals surface area contributed by atoms with E-state index in [1.807, 2.05) is 5.19 Å². The lowest BCUT2D eigenvalue weighted by atomic mass is 9.74. The molecule has 2 heterocycles. The molecule has 12 rings (SSSR count). The van der Waals surface area contributed by atoms with Crippen LogP contribution < -0.4 is 21.1 Å². The summed E-state index contributed by atoms with van der Waals surface area (Å²) in [7, 11) is -2.08. The SMILES string of the molecule is C1=CC([Si-]2(C3CC=CCC3)c3cc4ccccc4cc3C3CC=C(C4NC(C5=CC=C(C6=CCCCC6)CC5)NC(C5C=CC(C6C=CC7=C(C=CCC7)C6)CC5)[NH2+]4)CC32)CCC1. The van der Waals surface area contributed by atoms with Crippen molar-refractivity contribution >= 4 is 24.0 Å². The van der Waals surface area contributed by atoms with Crippen LogP contribution in [0.1, 0.15) is 133 Å². The first-order valence-corrected chi connectivity index (χ1v) is 28.2. The van der Waals surface area contributed by atoms with Crippen LogP contribution in [0.25, 0.3) is 10.8 Å². The number of rotatable bonds is 7. The average molecular weight is 851 g/mol. The molecule has 1 fully saturated rings. The van der Waals surface area contributed by atoms with Crippen molar-refractivity contribution in [3.8, 4) is 0 Å². The van der Waals surface area contributed by atoms with E-state index in [1.165, 1.54) is 126 Å². The summed E-state index contributed by atoms with van der Waals surface area (Å²) in [6.07, 6.45) is 61.1. The van der Waals surface area contributed by atoms with Gasteiger partial charge in [-0.1, -0.05) is 155 Å². The molecule has 0 radical (unpaired) electrons. The molecule has 2 aromatic carbocycles. The summed E-state index contributed by atoms with van der Waals surface area (Å²) in [5.41, 5.74) is 13.8. The molecule has 0 amide bonds. The van der Waals surface area contributed by atoms with Crippen LogP contribution in [0.4, 0.5) is 0 Å². The fourth-order valence-corrected chi connectivity index (χ4v) is 23.2. The van der Waals surface area contributed by atoms with Gasteiger partial charge in [-0.25, -0.2) is 10.6 Å². The third kappa shape index (κ3) is 7.53. The predicted molar refractivity (Wildman–Crippen MR) is 266 cm³/mol. The molecule has 0 spiro atoms. The van der Waals surface area contributed by atoms with Gasteiger partial charge in [0.15, 0.2) is 6.17 Å². The minimum absolute atomic E-state index is 0.204. The molecule has 0 saturated carbocycles. The first kappa shape index (κ1) is 40.7. The number of hydrogen-bond acceptors (Lipinski definition) is 2. The van der Waals surface area contributed by atoms with Crippen LogP contribution in [0.3, 0.4) is 0 Å². The second kappa shape index (κ2) is 17.5. The maximum Gasteiger partial charge on any atom is 0.164 e. The molecule has 2 aliphatic heterocycles. The highest BCUT2D eigenvalue weighted by Gasteiger charge is 2.52. The number of nitrogens with one attached hydrogen (secondary N) is 2. The lowest BCUT2D eigenvalue weighted by molar-refractivity contribution is -0.738. The Morgan fingerprint density at radius 3 is 2.33 bits per heavy atom. The van der Waals surface area contributed by atoms with Crippen LogP contribution in [0.15, 0.2) is 155 Å². The molecular weight excluding hydrogens is 779 g/mol. The zero-order valence-electron chi connectivity index (χ0n) is 37.8. The molecule has 11 unspecified atom stereocenters. The Balaban J connectivity index is 0.875. The Morgan fingerprint density at radius 1 is 0.603 bits per heavy atom. The second-order valence-corrected chi connectivity index (χ2v) is 26.2. The van der Waals surface area contributed by atoms with E-state index in [1.54, 1.807) is 39.0 Å². The van der Waals surface area contributed by atoms with Gasteiger partial charge in [0.25, 0.3) is 0 Å². The standard InChI is InChI=1S/C59H71N3Si/c1-4-14-40(15-5-1)42-24-29-44(30-25-42)57-60-58(45-31-26-43(27-32-45)49-33-28-41-16-10-11-17-46(41)36-49)62-59(61-57)50-34-35-53-54-37-47-18-12-13-19-48(47)38-56(54)63(55(53)39-50,51-20-6-2-7-21-51)52-22-8-3-9-23-52/h2,6,8,11-14,17-19,22,24,26,28-29,31,33-34,37-38,43,45,49,51-53,55,57-62H,1,3-5,7,9-10,15-16,20-21,23,25,27,30,32,35-36,39H2/q-1/p+1. The summed E-state index contributed by atoms with van der Waals surface area (Å²) in [5.74, 6) is 2.46. The summed E-state index contributed by atoms with van der Waals surface area (Å²) < 4.78 is 0. The highest BCUT2D eigenvalue weighted by atomic mass is 28.3. The van der Waals surface area contributed by atoms with E-state index in [0.29, 0.717) is 36.0 Å². The van der Waals surface area contributed by atoms with Gasteiger partial charge in [0, 0.05) is 5.92 Å². The van der Waals surface area contributed by atoms with Gasteiger partial charge >= 0.3 is 0 Å². The smallest absolute Gasteiger partial charge is 0.164 e. The first-order valence-electron chi connectivity index (χ1n) is 25.9. The third-order valence-corrected chi connectivity index (χ3v) is 25.1. The summed E-state index contributed by atoms with van der Waals surface area (Å²) in [5, 5.41) is 16.2. The molecule has 1 saturated heterocycles. The van der Waals surface area contributed by atoms with E-state index in [0.717, 1.165) is 23.0 Å². The summed E-state index contributed by atoms with van der Waals surface area (Å²) in [4.78, 5) is 0. The van der Waals surface area contributed by atoms with E-state index in [2.05, 4.69) is 137 Å². The van der Waals surface area contributed by atoms with E-state index in [-0.39, 0.29) is 6.17 Å². The molecular formula is C59H72N3Si. The highest BCUT2D eigenvalue weighted by Crippen LogP contribution is 2.63. The van der Waals surface area contributed by atoms with Gasteiger partial charge in [0.1, 0.15) is 6.17 Å². The number of allylic oxidation sites excluding steroid dienone is 17. The maximum atomic E-state index is 4.36. The fourth-order valence-electron chi connectivity index (χ4n) is 15.1. The highest BCUT2D eigenvalue weighted by molar-refractivity contribution is 6.97. The third-order valence-electron chi connectivity index (χ3n) is 18.3. The van der Waals surface area contributed by atoms with Crippen LogP contribution in [0.5, 0.6) is 0 Å². The van der Waals surface area contributed by atoms with Crippen LogP contribution in [-0.2, 0) is 0 Å². The Morgan fingerprint density at radius 2 is 1.52 bits per heavy atom. The van der Waals surface area contributed by atoms with Crippen molar-refractivity contribution in [2.75, 3.05) is 0 Å². The van der Waals surface area contributed by atoms with Gasteiger partial charge in [-0.3, -0.25) is 0 Å². The van der Waals surface area contributed by atoms with Crippen molar-refractivity contribution in [3.05, 3.63) is 160 Å². The molecule has 0 aromatic heterocycles. The first-order chi connectivity index (χ1) is 31.2. The number of hydrogen-bond donors (Lipinski definition) is 3. The quantitative estimate of drug-likeness (QED) is 0.192. The van der Waals surface area contributed by atoms with Crippen molar-refractivity contribution < 1.29 is 5.32 Å². The van der Waals surface area contributed by atoms with Crippen LogP contribution in [-0.4, -0.2) is 26.6 Å². The van der Waals surface area contributed by atoms with Crippen molar-refractivity contribution in [2.24, 2.45) is 17.8 Å².